The molecule has 1 amide bonds. The van der Waals surface area contributed by atoms with Crippen molar-refractivity contribution < 1.29 is 37.2 Å². The van der Waals surface area contributed by atoms with E-state index in [4.69, 9.17) is 0 Å². The molecular formula is C14H14N4O10S2. The maximum atomic E-state index is 12.7. The molecular weight excluding hydrogens is 448 g/mol. The van der Waals surface area contributed by atoms with Gasteiger partial charge in [0.25, 0.3) is 11.4 Å². The van der Waals surface area contributed by atoms with E-state index in [9.17, 15) is 47.6 Å². The normalized spacial score (nSPS) is 27.3. The van der Waals surface area contributed by atoms with Crippen LogP contribution in [0.15, 0.2) is 23.1 Å². The molecule has 2 N–H and O–H groups in total. The van der Waals surface area contributed by atoms with Gasteiger partial charge in [-0.15, -0.1) is 0 Å². The van der Waals surface area contributed by atoms with Gasteiger partial charge in [-0.25, -0.2) is 13.2 Å². The number of nitrogens with zero attached hydrogens (tertiary/aromatic N) is 3. The number of nitro groups is 2. The number of β-lactam (4-membered cyclic amide) rings is 1. The van der Waals surface area contributed by atoms with Gasteiger partial charge in [-0.05, 0) is 19.9 Å². The van der Waals surface area contributed by atoms with Crippen LogP contribution in [0.1, 0.15) is 13.8 Å². The molecule has 1 aromatic rings. The van der Waals surface area contributed by atoms with Crippen molar-refractivity contribution in [3.63, 3.8) is 0 Å². The van der Waals surface area contributed by atoms with Gasteiger partial charge < -0.3 is 10.0 Å². The molecule has 0 aliphatic carbocycles. The molecule has 2 fully saturated rings. The molecule has 2 aliphatic rings. The molecule has 0 saturated carbocycles. The van der Waals surface area contributed by atoms with Gasteiger partial charge >= 0.3 is 5.97 Å². The van der Waals surface area contributed by atoms with Crippen LogP contribution in [0.5, 0.6) is 0 Å². The predicted molar refractivity (Wildman–Crippen MR) is 98.1 cm³/mol. The Balaban J connectivity index is 1.97. The maximum absolute atomic E-state index is 12.7. The van der Waals surface area contributed by atoms with Gasteiger partial charge in [-0.2, -0.15) is 4.72 Å². The summed E-state index contributed by atoms with van der Waals surface area (Å²) in [5.74, 6) is -2.35. The fourth-order valence-electron chi connectivity index (χ4n) is 3.49. The number of fused-ring (bicyclic) bond motifs is 1. The lowest BCUT2D eigenvalue weighted by atomic mass is 9.96. The summed E-state index contributed by atoms with van der Waals surface area (Å²) in [5.41, 5.74) is -1.80. The maximum Gasteiger partial charge on any atom is 0.328 e. The molecule has 0 aromatic heterocycles. The Morgan fingerprint density at radius 2 is 1.87 bits per heavy atom. The number of carbonyl (C=O) groups excluding carboxylic acids is 1. The van der Waals surface area contributed by atoms with Crippen molar-refractivity contribution >= 4 is 44.1 Å². The van der Waals surface area contributed by atoms with Crippen LogP contribution in [0, 0.1) is 20.2 Å². The van der Waals surface area contributed by atoms with Crippen molar-refractivity contribution in [1.29, 1.82) is 0 Å². The molecule has 2 saturated heterocycles. The van der Waals surface area contributed by atoms with Crippen LogP contribution in [0.3, 0.4) is 0 Å². The minimum atomic E-state index is -4.75. The van der Waals surface area contributed by atoms with Gasteiger partial charge in [0.2, 0.25) is 15.9 Å². The standard InChI is InChI=1S/C14H14N4O10S2/c1-14(2)10(13(20)21)16-11(19)9(12(16)29(14)26)15-30(27,28)8-4-3-6(17(22)23)5-7(8)18(24)25/h3-5,9-10,12,15H,1-2H3,(H,20,21)/t9-,10+,12-,29-/m1/s1. The molecule has 4 atom stereocenters. The highest BCUT2D eigenvalue weighted by molar-refractivity contribution is 7.90. The number of sulfonamides is 1. The van der Waals surface area contributed by atoms with Crippen molar-refractivity contribution in [1.82, 2.24) is 9.62 Å². The van der Waals surface area contributed by atoms with Crippen molar-refractivity contribution in [2.75, 3.05) is 0 Å². The van der Waals surface area contributed by atoms with Crippen LogP contribution in [0.25, 0.3) is 0 Å². The molecule has 0 unspecified atom stereocenters. The third-order valence-electron chi connectivity index (χ3n) is 4.91. The fraction of sp³-hybridized carbons (Fsp3) is 0.429. The Morgan fingerprint density at radius 3 is 2.37 bits per heavy atom. The summed E-state index contributed by atoms with van der Waals surface area (Å²) in [7, 11) is -6.72. The molecule has 0 radical (unpaired) electrons. The second kappa shape index (κ2) is 6.78. The van der Waals surface area contributed by atoms with Crippen molar-refractivity contribution in [3.05, 3.63) is 38.4 Å². The molecule has 14 nitrogen and oxygen atoms in total. The first kappa shape index (κ1) is 21.7. The number of carboxylic acids is 1. The number of nitrogens with one attached hydrogen (secondary N) is 1. The number of carbonyl (C=O) groups is 2. The zero-order valence-corrected chi connectivity index (χ0v) is 16.9. The first-order chi connectivity index (χ1) is 13.7. The van der Waals surface area contributed by atoms with Gasteiger partial charge in [0, 0.05) is 6.07 Å². The zero-order valence-electron chi connectivity index (χ0n) is 15.2. The third kappa shape index (κ3) is 3.03. The van der Waals surface area contributed by atoms with Crippen molar-refractivity contribution in [2.24, 2.45) is 0 Å². The summed E-state index contributed by atoms with van der Waals surface area (Å²) in [5, 5.41) is 30.1. The number of rotatable bonds is 6. The first-order valence-corrected chi connectivity index (χ1v) is 10.8. The molecule has 3 rings (SSSR count). The SMILES string of the molecule is CC1(C)[C@H](C(=O)O)N2C(=O)[C@@H](NS(=O)(=O)c3ccc([N+](=O)[O-])cc3[N+](=O)[O-])[C@H]2[S@]1=O. The number of non-ortho nitro benzene ring substituents is 1. The van der Waals surface area contributed by atoms with E-state index < -0.39 is 81.0 Å². The largest absolute Gasteiger partial charge is 0.480 e. The number of carboxylic acid groups (broad SMARTS) is 1. The van der Waals surface area contributed by atoms with E-state index in [0.29, 0.717) is 12.1 Å². The summed E-state index contributed by atoms with van der Waals surface area (Å²) in [6.45, 7) is 2.72. The summed E-state index contributed by atoms with van der Waals surface area (Å²) in [6, 6.07) is -1.19. The minimum absolute atomic E-state index is 0.459. The third-order valence-corrected chi connectivity index (χ3v) is 8.60. The van der Waals surface area contributed by atoms with E-state index in [2.05, 4.69) is 0 Å². The Labute approximate surface area is 170 Å². The van der Waals surface area contributed by atoms with Crippen molar-refractivity contribution in [3.8, 4) is 0 Å². The van der Waals surface area contributed by atoms with Gasteiger partial charge in [0.1, 0.15) is 17.5 Å². The van der Waals surface area contributed by atoms with E-state index >= 15 is 0 Å². The number of hydrogen-bond acceptors (Lipinski definition) is 9. The van der Waals surface area contributed by atoms with E-state index in [1.807, 2.05) is 4.72 Å². The smallest absolute Gasteiger partial charge is 0.328 e. The monoisotopic (exact) mass is 462 g/mol. The van der Waals surface area contributed by atoms with Crippen molar-refractivity contribution in [2.45, 2.75) is 40.9 Å². The zero-order chi connectivity index (χ0) is 22.8. The Hall–Kier alpha value is -2.98. The lowest BCUT2D eigenvalue weighted by Crippen LogP contribution is -2.71. The topological polar surface area (TPSA) is 207 Å². The number of hydrogen-bond donors (Lipinski definition) is 2. The summed E-state index contributed by atoms with van der Waals surface area (Å²) >= 11 is 0. The molecule has 2 aliphatic heterocycles. The summed E-state index contributed by atoms with van der Waals surface area (Å²) < 4.78 is 38.6. The summed E-state index contributed by atoms with van der Waals surface area (Å²) in [4.78, 5) is 43.8. The fourth-order valence-corrected chi connectivity index (χ4v) is 6.84. The first-order valence-electron chi connectivity index (χ1n) is 8.12. The molecule has 1 aromatic carbocycles. The van der Waals surface area contributed by atoms with Gasteiger partial charge in [0.05, 0.1) is 31.5 Å². The van der Waals surface area contributed by atoms with Crippen LogP contribution in [-0.4, -0.2) is 66.6 Å². The lowest BCUT2D eigenvalue weighted by molar-refractivity contribution is -0.396. The molecule has 0 spiro atoms. The number of benzene rings is 1. The second-order valence-electron chi connectivity index (χ2n) is 7.04. The van der Waals surface area contributed by atoms with Crippen LogP contribution < -0.4 is 4.72 Å². The highest BCUT2D eigenvalue weighted by atomic mass is 32.2. The Kier molecular flexibility index (Phi) is 4.91. The number of nitro benzene ring substituents is 2. The second-order valence-corrected chi connectivity index (χ2v) is 10.9. The quantitative estimate of drug-likeness (QED) is 0.309. The molecule has 2 heterocycles. The highest BCUT2D eigenvalue weighted by Crippen LogP contribution is 2.44. The average molecular weight is 462 g/mol. The Morgan fingerprint density at radius 1 is 1.27 bits per heavy atom. The lowest BCUT2D eigenvalue weighted by Gasteiger charge is -2.42. The van der Waals surface area contributed by atoms with Gasteiger partial charge in [-0.3, -0.25) is 29.2 Å². The van der Waals surface area contributed by atoms with Crippen LogP contribution in [0.4, 0.5) is 11.4 Å². The average Bonchev–Trinajstić information content (AvgIpc) is 2.83. The molecule has 0 bridgehead atoms. The molecule has 162 valence electrons. The highest BCUT2D eigenvalue weighted by Gasteiger charge is 2.68. The number of amides is 1. The van der Waals surface area contributed by atoms with Crippen LogP contribution in [-0.2, 0) is 30.4 Å². The van der Waals surface area contributed by atoms with E-state index in [-0.39, 0.29) is 0 Å². The van der Waals surface area contributed by atoms with E-state index in [1.54, 1.807) is 0 Å². The van der Waals surface area contributed by atoms with E-state index in [0.717, 1.165) is 11.0 Å². The van der Waals surface area contributed by atoms with E-state index in [1.165, 1.54) is 13.8 Å². The van der Waals surface area contributed by atoms with Crippen LogP contribution in [0.2, 0.25) is 0 Å². The minimum Gasteiger partial charge on any atom is -0.480 e. The molecule has 30 heavy (non-hydrogen) atoms. The van der Waals surface area contributed by atoms with Gasteiger partial charge in [-0.1, -0.05) is 0 Å². The van der Waals surface area contributed by atoms with Crippen LogP contribution >= 0.6 is 0 Å². The summed E-state index contributed by atoms with van der Waals surface area (Å²) in [6.07, 6.45) is 0. The molecule has 16 heteroatoms. The number of aliphatic carboxylic acids is 1. The predicted octanol–water partition coefficient (Wildman–Crippen LogP) is -0.688. The van der Waals surface area contributed by atoms with Gasteiger partial charge in [0.15, 0.2) is 4.90 Å². The Bertz CT molecular complexity index is 1130.